The minimum absolute atomic E-state index is 0.0323. The Hall–Kier alpha value is -1.08. The third kappa shape index (κ3) is 17.1. The fourth-order valence-corrected chi connectivity index (χ4v) is 4.59. The van der Waals surface area contributed by atoms with E-state index in [4.69, 9.17) is 21.6 Å². The Morgan fingerprint density at radius 1 is 0.788 bits per heavy atom. The van der Waals surface area contributed by atoms with Crippen molar-refractivity contribution in [2.24, 2.45) is 0 Å². The number of aliphatic hydroxyl groups is 1. The van der Waals surface area contributed by atoms with Gasteiger partial charge in [0.1, 0.15) is 0 Å². The third-order valence-corrected chi connectivity index (χ3v) is 6.62. The first kappa shape index (κ1) is 30.0. The second-order valence-corrected chi connectivity index (χ2v) is 9.96. The van der Waals surface area contributed by atoms with Gasteiger partial charge in [0.25, 0.3) is 0 Å². The molecule has 0 aliphatic carbocycles. The Morgan fingerprint density at radius 3 is 1.73 bits per heavy atom. The van der Waals surface area contributed by atoms with E-state index < -0.39 is 0 Å². The lowest BCUT2D eigenvalue weighted by atomic mass is 10.0. The summed E-state index contributed by atoms with van der Waals surface area (Å²) in [5.41, 5.74) is 1.41. The average molecular weight is 478 g/mol. The zero-order valence-electron chi connectivity index (χ0n) is 21.1. The molecule has 1 rings (SSSR count). The monoisotopic (exact) mass is 477 g/mol. The van der Waals surface area contributed by atoms with Gasteiger partial charge in [-0.2, -0.15) is 5.26 Å². The van der Waals surface area contributed by atoms with Crippen molar-refractivity contribution in [2.75, 3.05) is 6.61 Å². The van der Waals surface area contributed by atoms with Crippen LogP contribution in [0, 0.1) is 11.3 Å². The number of hydrogen-bond acceptors (Lipinski definition) is 3. The Labute approximate surface area is 208 Å². The SMILES string of the molecule is CCCCCCCCCCCCCCCCCCC[C@H](CO)OCc1cc(Cl)cc(C#N)c1. The van der Waals surface area contributed by atoms with Crippen molar-refractivity contribution in [1.29, 1.82) is 5.26 Å². The summed E-state index contributed by atoms with van der Waals surface area (Å²) in [6, 6.07) is 7.35. The number of nitriles is 1. The molecule has 0 radical (unpaired) electrons. The van der Waals surface area contributed by atoms with E-state index in [-0.39, 0.29) is 12.7 Å². The fourth-order valence-electron chi connectivity index (χ4n) is 4.34. The zero-order chi connectivity index (χ0) is 24.0. The van der Waals surface area contributed by atoms with Crippen LogP contribution >= 0.6 is 11.6 Å². The first-order chi connectivity index (χ1) is 16.2. The predicted octanol–water partition coefficient (Wildman–Crippen LogP) is 9.13. The van der Waals surface area contributed by atoms with Gasteiger partial charge < -0.3 is 9.84 Å². The summed E-state index contributed by atoms with van der Waals surface area (Å²) in [7, 11) is 0. The van der Waals surface area contributed by atoms with Crippen LogP contribution in [-0.4, -0.2) is 17.8 Å². The minimum Gasteiger partial charge on any atom is -0.394 e. The molecule has 1 aromatic rings. The molecule has 0 aromatic heterocycles. The Balaban J connectivity index is 1.91. The smallest absolute Gasteiger partial charge is 0.0992 e. The number of hydrogen-bond donors (Lipinski definition) is 1. The highest BCUT2D eigenvalue weighted by Crippen LogP contribution is 2.18. The molecule has 0 aliphatic heterocycles. The number of aliphatic hydroxyl groups excluding tert-OH is 1. The van der Waals surface area contributed by atoms with Gasteiger partial charge in [-0.25, -0.2) is 0 Å². The number of nitrogens with zero attached hydrogens (tertiary/aromatic N) is 1. The number of benzene rings is 1. The van der Waals surface area contributed by atoms with E-state index in [9.17, 15) is 5.11 Å². The molecular weight excluding hydrogens is 430 g/mol. The van der Waals surface area contributed by atoms with Crippen LogP contribution in [0.4, 0.5) is 0 Å². The van der Waals surface area contributed by atoms with Crippen LogP contribution in [0.15, 0.2) is 18.2 Å². The second-order valence-electron chi connectivity index (χ2n) is 9.52. The van der Waals surface area contributed by atoms with Gasteiger partial charge in [-0.15, -0.1) is 0 Å². The molecule has 1 aromatic carbocycles. The zero-order valence-corrected chi connectivity index (χ0v) is 21.9. The normalized spacial score (nSPS) is 12.1. The molecule has 4 heteroatoms. The van der Waals surface area contributed by atoms with Gasteiger partial charge in [0, 0.05) is 5.02 Å². The van der Waals surface area contributed by atoms with Crippen molar-refractivity contribution >= 4 is 11.6 Å². The molecular formula is C29H48ClNO2. The highest BCUT2D eigenvalue weighted by Gasteiger charge is 2.09. The van der Waals surface area contributed by atoms with Crippen LogP contribution < -0.4 is 0 Å². The van der Waals surface area contributed by atoms with Gasteiger partial charge in [0.05, 0.1) is 31.0 Å². The molecule has 188 valence electrons. The van der Waals surface area contributed by atoms with Gasteiger partial charge >= 0.3 is 0 Å². The van der Waals surface area contributed by atoms with Crippen molar-refractivity contribution in [3.63, 3.8) is 0 Å². The molecule has 33 heavy (non-hydrogen) atoms. The lowest BCUT2D eigenvalue weighted by Gasteiger charge is -2.15. The van der Waals surface area contributed by atoms with Crippen LogP contribution in [0.3, 0.4) is 0 Å². The van der Waals surface area contributed by atoms with Gasteiger partial charge in [0.2, 0.25) is 0 Å². The molecule has 0 saturated heterocycles. The first-order valence-corrected chi connectivity index (χ1v) is 14.0. The molecule has 0 amide bonds. The lowest BCUT2D eigenvalue weighted by molar-refractivity contribution is -0.00349. The van der Waals surface area contributed by atoms with Gasteiger partial charge in [-0.1, -0.05) is 128 Å². The molecule has 0 heterocycles. The maximum absolute atomic E-state index is 9.59. The molecule has 0 unspecified atom stereocenters. The number of rotatable bonds is 22. The molecule has 3 nitrogen and oxygen atoms in total. The summed E-state index contributed by atoms with van der Waals surface area (Å²) in [5.74, 6) is 0. The van der Waals surface area contributed by atoms with E-state index in [1.807, 2.05) is 6.07 Å². The summed E-state index contributed by atoms with van der Waals surface area (Å²) in [6.45, 7) is 2.69. The molecule has 0 spiro atoms. The molecule has 0 fully saturated rings. The quantitative estimate of drug-likeness (QED) is 0.169. The molecule has 0 bridgehead atoms. The lowest BCUT2D eigenvalue weighted by Crippen LogP contribution is -2.17. The van der Waals surface area contributed by atoms with Crippen LogP contribution in [0.1, 0.15) is 134 Å². The Kier molecular flexibility index (Phi) is 19.5. The maximum Gasteiger partial charge on any atom is 0.0992 e. The fraction of sp³-hybridized carbons (Fsp3) is 0.759. The van der Waals surface area contributed by atoms with Gasteiger partial charge in [0.15, 0.2) is 0 Å². The molecule has 1 atom stereocenters. The van der Waals surface area contributed by atoms with Gasteiger partial charge in [-0.05, 0) is 30.2 Å². The van der Waals surface area contributed by atoms with Crippen molar-refractivity contribution in [3.8, 4) is 6.07 Å². The van der Waals surface area contributed by atoms with Gasteiger partial charge in [-0.3, -0.25) is 0 Å². The van der Waals surface area contributed by atoms with Crippen molar-refractivity contribution in [1.82, 2.24) is 0 Å². The van der Waals surface area contributed by atoms with Crippen LogP contribution in [0.25, 0.3) is 0 Å². The topological polar surface area (TPSA) is 53.2 Å². The van der Waals surface area contributed by atoms with Crippen LogP contribution in [0.2, 0.25) is 5.02 Å². The van der Waals surface area contributed by atoms with Crippen LogP contribution in [-0.2, 0) is 11.3 Å². The predicted molar refractivity (Wildman–Crippen MR) is 141 cm³/mol. The van der Waals surface area contributed by atoms with E-state index >= 15 is 0 Å². The molecule has 0 saturated carbocycles. The van der Waals surface area contributed by atoms with E-state index in [1.54, 1.807) is 12.1 Å². The van der Waals surface area contributed by atoms with E-state index in [1.165, 1.54) is 103 Å². The van der Waals surface area contributed by atoms with Crippen molar-refractivity contribution in [3.05, 3.63) is 34.3 Å². The largest absolute Gasteiger partial charge is 0.394 e. The van der Waals surface area contributed by atoms with E-state index in [2.05, 4.69) is 13.0 Å². The number of unbranched alkanes of at least 4 members (excludes halogenated alkanes) is 16. The Bertz CT molecular complexity index is 629. The van der Waals surface area contributed by atoms with Crippen molar-refractivity contribution < 1.29 is 9.84 Å². The maximum atomic E-state index is 9.59. The summed E-state index contributed by atoms with van der Waals surface area (Å²) in [6.07, 6.45) is 23.9. The molecule has 0 aliphatic rings. The van der Waals surface area contributed by atoms with Crippen molar-refractivity contribution in [2.45, 2.75) is 135 Å². The summed E-state index contributed by atoms with van der Waals surface area (Å²) in [5, 5.41) is 19.2. The highest BCUT2D eigenvalue weighted by atomic mass is 35.5. The summed E-state index contributed by atoms with van der Waals surface area (Å²) in [4.78, 5) is 0. The van der Waals surface area contributed by atoms with E-state index in [0.29, 0.717) is 17.2 Å². The second kappa shape index (κ2) is 21.5. The standard InChI is InChI=1S/C29H48ClNO2/c1-2-3-4-5-6-7-8-9-10-11-12-13-14-15-16-17-18-19-29(24-32)33-25-27-20-26(23-31)21-28(30)22-27/h20-22,29,32H,2-19,24-25H2,1H3/t29-/m1/s1. The highest BCUT2D eigenvalue weighted by molar-refractivity contribution is 6.30. The number of halogens is 1. The summed E-state index contributed by atoms with van der Waals surface area (Å²) < 4.78 is 5.84. The Morgan fingerprint density at radius 2 is 1.27 bits per heavy atom. The summed E-state index contributed by atoms with van der Waals surface area (Å²) >= 11 is 6.04. The number of ether oxygens (including phenoxy) is 1. The van der Waals surface area contributed by atoms with Crippen LogP contribution in [0.5, 0.6) is 0 Å². The minimum atomic E-state index is -0.147. The average Bonchev–Trinajstić information content (AvgIpc) is 2.82. The third-order valence-electron chi connectivity index (χ3n) is 6.41. The molecule has 1 N–H and O–H groups in total. The van der Waals surface area contributed by atoms with E-state index in [0.717, 1.165) is 18.4 Å². The first-order valence-electron chi connectivity index (χ1n) is 13.6.